The molecular formula is C22H40N2O10+2. The third-order valence-corrected chi connectivity index (χ3v) is 4.94. The Kier molecular flexibility index (Phi) is 14.2. The van der Waals surface area contributed by atoms with Crippen LogP contribution in [0.1, 0.15) is 41.5 Å². The van der Waals surface area contributed by atoms with Gasteiger partial charge in [-0.1, -0.05) is 13.8 Å². The smallest absolute Gasteiger partial charge is 0.393 e. The fraction of sp³-hybridized carbons (Fsp3) is 0.727. The fourth-order valence-corrected chi connectivity index (χ4v) is 3.08. The lowest BCUT2D eigenvalue weighted by atomic mass is 10.0. The van der Waals surface area contributed by atoms with Gasteiger partial charge in [-0.2, -0.15) is 0 Å². The largest absolute Gasteiger partial charge is 0.462 e. The third kappa shape index (κ3) is 10.6. The molecule has 12 heteroatoms. The first-order chi connectivity index (χ1) is 15.8. The van der Waals surface area contributed by atoms with Gasteiger partial charge in [0.1, 0.15) is 25.4 Å². The molecule has 0 saturated heterocycles. The Bertz CT molecular complexity index is 733. The molecule has 34 heavy (non-hydrogen) atoms. The number of likely N-dealkylation sites (N-methyl/N-ethyl adjacent to an activating group) is 2. The molecule has 5 atom stereocenters. The first-order valence-corrected chi connectivity index (χ1v) is 11.1. The van der Waals surface area contributed by atoms with E-state index in [4.69, 9.17) is 18.9 Å². The van der Waals surface area contributed by atoms with Crippen LogP contribution in [0.15, 0.2) is 11.3 Å². The van der Waals surface area contributed by atoms with Gasteiger partial charge in [-0.15, -0.1) is 0 Å². The lowest BCUT2D eigenvalue weighted by molar-refractivity contribution is -0.658. The molecule has 0 unspecified atom stereocenters. The number of aliphatic hydroxyl groups excluding tert-OH is 2. The lowest BCUT2D eigenvalue weighted by Gasteiger charge is -2.31. The van der Waals surface area contributed by atoms with Crippen LogP contribution in [0.3, 0.4) is 0 Å². The molecule has 0 aromatic heterocycles. The summed E-state index contributed by atoms with van der Waals surface area (Å²) in [5, 5.41) is 24.8. The van der Waals surface area contributed by atoms with Gasteiger partial charge in [0, 0.05) is 19.8 Å². The van der Waals surface area contributed by atoms with Crippen molar-refractivity contribution in [1.82, 2.24) is 0 Å². The van der Waals surface area contributed by atoms with Crippen molar-refractivity contribution in [3.8, 4) is 0 Å². The predicted molar refractivity (Wildman–Crippen MR) is 118 cm³/mol. The summed E-state index contributed by atoms with van der Waals surface area (Å²) < 4.78 is 20.5. The highest BCUT2D eigenvalue weighted by atomic mass is 16.6. The van der Waals surface area contributed by atoms with Crippen LogP contribution in [0, 0.1) is 5.92 Å². The number of aliphatic hydroxyl groups is 2. The van der Waals surface area contributed by atoms with Crippen LogP contribution in [0.25, 0.3) is 0 Å². The van der Waals surface area contributed by atoms with Gasteiger partial charge in [-0.3, -0.25) is 9.59 Å². The molecule has 0 fully saturated rings. The van der Waals surface area contributed by atoms with Crippen molar-refractivity contribution in [2.75, 3.05) is 27.3 Å². The van der Waals surface area contributed by atoms with E-state index in [-0.39, 0.29) is 11.6 Å². The summed E-state index contributed by atoms with van der Waals surface area (Å²) >= 11 is 0. The van der Waals surface area contributed by atoms with Crippen LogP contribution in [-0.4, -0.2) is 91.9 Å². The Morgan fingerprint density at radius 3 is 1.56 bits per heavy atom. The van der Waals surface area contributed by atoms with Gasteiger partial charge in [0.15, 0.2) is 18.2 Å². The number of carbonyl (C=O) groups is 4. The first-order valence-electron chi connectivity index (χ1n) is 11.1. The van der Waals surface area contributed by atoms with Crippen molar-refractivity contribution in [2.24, 2.45) is 5.92 Å². The van der Waals surface area contributed by atoms with Gasteiger partial charge in [0.25, 0.3) is 0 Å². The number of carbonyl (C=O) groups excluding carboxylic acids is 4. The minimum atomic E-state index is -1.85. The second-order valence-corrected chi connectivity index (χ2v) is 8.31. The molecule has 12 nitrogen and oxygen atoms in total. The zero-order valence-electron chi connectivity index (χ0n) is 21.2. The van der Waals surface area contributed by atoms with E-state index < -0.39 is 67.5 Å². The number of allylic oxidation sites excluding steroid dienone is 1. The molecule has 6 N–H and O–H groups in total. The SMILES string of the molecule is C[NH2+]C(C(=O)O[C@H](COC(C)=O)[C@@H](O)[C@H](O)[C@@H](COC(C)=O)OC(=O)[C@@H]([NH2+]C)C(C)C)=C(C)C. The van der Waals surface area contributed by atoms with E-state index in [0.717, 1.165) is 13.8 Å². The summed E-state index contributed by atoms with van der Waals surface area (Å²) in [5.74, 6) is -3.01. The zero-order chi connectivity index (χ0) is 26.6. The van der Waals surface area contributed by atoms with Crippen LogP contribution in [-0.2, 0) is 38.1 Å². The molecule has 0 aliphatic heterocycles. The van der Waals surface area contributed by atoms with Crippen molar-refractivity contribution >= 4 is 23.9 Å². The molecule has 0 aliphatic rings. The van der Waals surface area contributed by atoms with Gasteiger partial charge < -0.3 is 39.8 Å². The molecule has 0 spiro atoms. The topological polar surface area (TPSA) is 179 Å². The van der Waals surface area contributed by atoms with E-state index in [1.807, 2.05) is 0 Å². The summed E-state index contributed by atoms with van der Waals surface area (Å²) in [6, 6.07) is -0.612. The molecule has 0 aromatic rings. The second-order valence-electron chi connectivity index (χ2n) is 8.31. The van der Waals surface area contributed by atoms with E-state index in [1.165, 1.54) is 5.32 Å². The molecule has 0 heterocycles. The van der Waals surface area contributed by atoms with Gasteiger partial charge in [-0.05, 0) is 19.4 Å². The minimum Gasteiger partial charge on any atom is -0.462 e. The average molecular weight is 493 g/mol. The number of ether oxygens (including phenoxy) is 4. The number of nitrogens with two attached hydrogens (primary N) is 2. The Balaban J connectivity index is 5.86. The highest BCUT2D eigenvalue weighted by Gasteiger charge is 2.40. The molecule has 0 amide bonds. The average Bonchev–Trinajstić information content (AvgIpc) is 2.73. The van der Waals surface area contributed by atoms with E-state index >= 15 is 0 Å². The Hall–Kier alpha value is -2.54. The summed E-state index contributed by atoms with van der Waals surface area (Å²) in [6.07, 6.45) is -6.68. The number of quaternary nitrogens is 2. The van der Waals surface area contributed by atoms with E-state index in [2.05, 4.69) is 0 Å². The van der Waals surface area contributed by atoms with Crippen LogP contribution in [0.2, 0.25) is 0 Å². The van der Waals surface area contributed by atoms with E-state index in [1.54, 1.807) is 47.1 Å². The van der Waals surface area contributed by atoms with Crippen molar-refractivity contribution in [2.45, 2.75) is 72.0 Å². The molecule has 0 aliphatic carbocycles. The van der Waals surface area contributed by atoms with Crippen LogP contribution >= 0.6 is 0 Å². The quantitative estimate of drug-likeness (QED) is 0.114. The maximum atomic E-state index is 12.6. The Morgan fingerprint density at radius 2 is 1.24 bits per heavy atom. The number of rotatable bonds is 14. The Labute approximate surface area is 200 Å². The minimum absolute atomic E-state index is 0.112. The lowest BCUT2D eigenvalue weighted by Crippen LogP contribution is -2.90. The molecule has 0 radical (unpaired) electrons. The highest BCUT2D eigenvalue weighted by molar-refractivity contribution is 5.86. The number of esters is 4. The van der Waals surface area contributed by atoms with Crippen molar-refractivity contribution in [3.05, 3.63) is 11.3 Å². The molecule has 0 saturated carbocycles. The second kappa shape index (κ2) is 15.4. The zero-order valence-corrected chi connectivity index (χ0v) is 21.2. The van der Waals surface area contributed by atoms with Crippen LogP contribution < -0.4 is 10.6 Å². The number of hydrogen-bond acceptors (Lipinski definition) is 10. The monoisotopic (exact) mass is 492 g/mol. The van der Waals surface area contributed by atoms with Crippen molar-refractivity contribution in [1.29, 1.82) is 0 Å². The van der Waals surface area contributed by atoms with Gasteiger partial charge in [-0.25, -0.2) is 9.59 Å². The first kappa shape index (κ1) is 31.5. The predicted octanol–water partition coefficient (Wildman–Crippen LogP) is -2.64. The summed E-state index contributed by atoms with van der Waals surface area (Å²) in [6.45, 7) is 8.12. The molecule has 0 bridgehead atoms. The van der Waals surface area contributed by atoms with Crippen molar-refractivity contribution in [3.63, 3.8) is 0 Å². The number of hydrogen-bond donors (Lipinski definition) is 4. The van der Waals surface area contributed by atoms with Crippen molar-refractivity contribution < 1.29 is 59.0 Å². The van der Waals surface area contributed by atoms with Gasteiger partial charge in [0.2, 0.25) is 5.70 Å². The van der Waals surface area contributed by atoms with E-state index in [0.29, 0.717) is 5.57 Å². The van der Waals surface area contributed by atoms with Crippen LogP contribution in [0.5, 0.6) is 0 Å². The highest BCUT2D eigenvalue weighted by Crippen LogP contribution is 2.15. The molecular weight excluding hydrogens is 452 g/mol. The van der Waals surface area contributed by atoms with E-state index in [9.17, 15) is 29.4 Å². The molecule has 0 rings (SSSR count). The molecule has 196 valence electrons. The molecule has 0 aromatic carbocycles. The normalized spacial score (nSPS) is 15.4. The standard InChI is InChI=1S/C22H38N2O10/c1-11(2)17(23-7)21(29)33-15(9-31-13(5)25)19(27)20(28)16(10-32-14(6)26)34-22(30)18(24-8)12(3)4/h11,15-17,19-20,23-24,27-28H,9-10H2,1-8H3/p+2/t15-,16-,17+,19-,20-/m1/s1. The summed E-state index contributed by atoms with van der Waals surface area (Å²) in [5.41, 5.74) is 0.877. The Morgan fingerprint density at radius 1 is 0.794 bits per heavy atom. The summed E-state index contributed by atoms with van der Waals surface area (Å²) in [7, 11) is 3.30. The fourth-order valence-electron chi connectivity index (χ4n) is 3.08. The van der Waals surface area contributed by atoms with Gasteiger partial charge >= 0.3 is 23.9 Å². The van der Waals surface area contributed by atoms with Gasteiger partial charge in [0.05, 0.1) is 14.1 Å². The van der Waals surface area contributed by atoms with Crippen LogP contribution in [0.4, 0.5) is 0 Å². The maximum absolute atomic E-state index is 12.6. The maximum Gasteiger partial charge on any atom is 0.393 e. The third-order valence-electron chi connectivity index (χ3n) is 4.94. The summed E-state index contributed by atoms with van der Waals surface area (Å²) in [4.78, 5) is 47.8.